The number of hydrogen-bond donors (Lipinski definition) is 0. The van der Waals surface area contributed by atoms with Crippen LogP contribution in [-0.4, -0.2) is 6.29 Å². The van der Waals surface area contributed by atoms with Crippen LogP contribution in [0, 0.1) is 0 Å². The Morgan fingerprint density at radius 3 is 2.60 bits per heavy atom. The van der Waals surface area contributed by atoms with E-state index in [9.17, 15) is 4.79 Å². The molecule has 74 valence electrons. The van der Waals surface area contributed by atoms with Gasteiger partial charge in [-0.1, -0.05) is 48.6 Å². The van der Waals surface area contributed by atoms with Crippen molar-refractivity contribution < 1.29 is 4.79 Å². The van der Waals surface area contributed by atoms with E-state index in [-0.39, 0.29) is 0 Å². The molecule has 2 rings (SSSR count). The van der Waals surface area contributed by atoms with Gasteiger partial charge < -0.3 is 0 Å². The molecule has 0 amide bonds. The van der Waals surface area contributed by atoms with Crippen molar-refractivity contribution >= 4 is 23.1 Å². The fourth-order valence-electron chi connectivity index (χ4n) is 1.77. The van der Waals surface area contributed by atoms with E-state index in [1.165, 1.54) is 0 Å². The number of rotatable bonds is 2. The summed E-state index contributed by atoms with van der Waals surface area (Å²) in [4.78, 5) is 11.1. The molecule has 0 fully saturated rings. The molecular formula is C14H12O. The molecule has 0 atom stereocenters. The van der Waals surface area contributed by atoms with E-state index in [4.69, 9.17) is 0 Å². The van der Waals surface area contributed by atoms with E-state index < -0.39 is 0 Å². The number of carbonyl (C=O) groups excluding carboxylic acids is 1. The van der Waals surface area contributed by atoms with E-state index in [2.05, 4.69) is 0 Å². The van der Waals surface area contributed by atoms with Gasteiger partial charge in [-0.25, -0.2) is 0 Å². The Balaban J connectivity index is 2.81. The highest BCUT2D eigenvalue weighted by Gasteiger charge is 2.03. The summed E-state index contributed by atoms with van der Waals surface area (Å²) >= 11 is 0. The first-order valence-corrected chi connectivity index (χ1v) is 4.96. The number of aldehydes is 1. The Labute approximate surface area is 89.0 Å². The van der Waals surface area contributed by atoms with Crippen LogP contribution in [0.1, 0.15) is 22.8 Å². The second-order valence-electron chi connectivity index (χ2n) is 3.41. The van der Waals surface area contributed by atoms with Gasteiger partial charge in [-0.3, -0.25) is 4.79 Å². The summed E-state index contributed by atoms with van der Waals surface area (Å²) in [5.74, 6) is 0. The van der Waals surface area contributed by atoms with Gasteiger partial charge in [0.25, 0.3) is 0 Å². The van der Waals surface area contributed by atoms with Crippen molar-refractivity contribution in [1.29, 1.82) is 0 Å². The minimum Gasteiger partial charge on any atom is -0.298 e. The zero-order valence-corrected chi connectivity index (χ0v) is 8.60. The lowest BCUT2D eigenvalue weighted by Crippen LogP contribution is -1.88. The van der Waals surface area contributed by atoms with Crippen LogP contribution in [0.4, 0.5) is 0 Å². The van der Waals surface area contributed by atoms with Gasteiger partial charge in [-0.15, -0.1) is 0 Å². The van der Waals surface area contributed by atoms with Gasteiger partial charge in [-0.05, 0) is 23.3 Å². The van der Waals surface area contributed by atoms with Gasteiger partial charge in [0.05, 0.1) is 0 Å². The predicted octanol–water partition coefficient (Wildman–Crippen LogP) is 3.69. The third-order valence-corrected chi connectivity index (χ3v) is 2.47. The number of carbonyl (C=O) groups is 1. The molecule has 0 aliphatic carbocycles. The van der Waals surface area contributed by atoms with Crippen LogP contribution >= 0.6 is 0 Å². The van der Waals surface area contributed by atoms with E-state index in [1.807, 2.05) is 55.5 Å². The third-order valence-electron chi connectivity index (χ3n) is 2.47. The molecule has 0 saturated heterocycles. The van der Waals surface area contributed by atoms with Crippen molar-refractivity contribution in [2.45, 2.75) is 6.92 Å². The van der Waals surface area contributed by atoms with Crippen LogP contribution in [-0.2, 0) is 0 Å². The average molecular weight is 196 g/mol. The predicted molar refractivity (Wildman–Crippen MR) is 64.0 cm³/mol. The van der Waals surface area contributed by atoms with Crippen LogP contribution in [0.2, 0.25) is 0 Å². The molecular weight excluding hydrogens is 184 g/mol. The molecule has 0 aliphatic rings. The Bertz CT molecular complexity index is 524. The first-order valence-electron chi connectivity index (χ1n) is 4.96. The van der Waals surface area contributed by atoms with Crippen molar-refractivity contribution in [3.63, 3.8) is 0 Å². The molecule has 1 nitrogen and oxygen atoms in total. The Morgan fingerprint density at radius 2 is 1.87 bits per heavy atom. The van der Waals surface area contributed by atoms with Gasteiger partial charge in [0, 0.05) is 5.56 Å². The summed E-state index contributed by atoms with van der Waals surface area (Å²) in [7, 11) is 0. The van der Waals surface area contributed by atoms with Crippen molar-refractivity contribution in [1.82, 2.24) is 0 Å². The minimum absolute atomic E-state index is 0.770. The van der Waals surface area contributed by atoms with E-state index >= 15 is 0 Å². The van der Waals surface area contributed by atoms with Gasteiger partial charge >= 0.3 is 0 Å². The first kappa shape index (κ1) is 9.66. The van der Waals surface area contributed by atoms with Gasteiger partial charge in [0.15, 0.2) is 6.29 Å². The van der Waals surface area contributed by atoms with Crippen molar-refractivity contribution in [3.8, 4) is 0 Å². The number of fused-ring (bicyclic) bond motifs is 1. The molecule has 2 aromatic rings. The highest BCUT2D eigenvalue weighted by Crippen LogP contribution is 2.21. The molecule has 0 unspecified atom stereocenters. The molecule has 0 aromatic heterocycles. The maximum absolute atomic E-state index is 11.1. The van der Waals surface area contributed by atoms with Gasteiger partial charge in [-0.2, -0.15) is 0 Å². The summed E-state index contributed by atoms with van der Waals surface area (Å²) in [5.41, 5.74) is 1.75. The Morgan fingerprint density at radius 1 is 1.07 bits per heavy atom. The fourth-order valence-corrected chi connectivity index (χ4v) is 1.77. The number of benzene rings is 2. The molecule has 0 aliphatic heterocycles. The molecule has 0 N–H and O–H groups in total. The molecule has 0 radical (unpaired) electrons. The molecule has 0 saturated carbocycles. The van der Waals surface area contributed by atoms with Crippen LogP contribution in [0.25, 0.3) is 16.8 Å². The maximum atomic E-state index is 11.1. The lowest BCUT2D eigenvalue weighted by molar-refractivity contribution is 0.112. The third kappa shape index (κ3) is 1.68. The SMILES string of the molecule is CC=Cc1ccc2ccccc2c1C=O. The fraction of sp³-hybridized carbons (Fsp3) is 0.0714. The lowest BCUT2D eigenvalue weighted by atomic mass is 9.99. The molecule has 0 bridgehead atoms. The number of allylic oxidation sites excluding steroid dienone is 1. The molecule has 1 heteroatoms. The molecule has 15 heavy (non-hydrogen) atoms. The van der Waals surface area contributed by atoms with Crippen molar-refractivity contribution in [2.24, 2.45) is 0 Å². The lowest BCUT2D eigenvalue weighted by Gasteiger charge is -2.04. The van der Waals surface area contributed by atoms with Crippen molar-refractivity contribution in [2.75, 3.05) is 0 Å². The summed E-state index contributed by atoms with van der Waals surface area (Å²) < 4.78 is 0. The van der Waals surface area contributed by atoms with E-state index in [1.54, 1.807) is 0 Å². The summed E-state index contributed by atoms with van der Waals surface area (Å²) in [6.07, 6.45) is 4.82. The highest BCUT2D eigenvalue weighted by atomic mass is 16.1. The van der Waals surface area contributed by atoms with Crippen LogP contribution in [0.5, 0.6) is 0 Å². The maximum Gasteiger partial charge on any atom is 0.151 e. The second-order valence-corrected chi connectivity index (χ2v) is 3.41. The first-order chi connectivity index (χ1) is 7.36. The smallest absolute Gasteiger partial charge is 0.151 e. The largest absolute Gasteiger partial charge is 0.298 e. The molecule has 2 aromatic carbocycles. The second kappa shape index (κ2) is 4.09. The Hall–Kier alpha value is -1.89. The Kier molecular flexibility index (Phi) is 2.64. The summed E-state index contributed by atoms with van der Waals surface area (Å²) in [6.45, 7) is 1.95. The van der Waals surface area contributed by atoms with Crippen LogP contribution < -0.4 is 0 Å². The molecule has 0 spiro atoms. The molecule has 0 heterocycles. The van der Waals surface area contributed by atoms with E-state index in [0.717, 1.165) is 28.2 Å². The van der Waals surface area contributed by atoms with Crippen LogP contribution in [0.3, 0.4) is 0 Å². The standard InChI is InChI=1S/C14H12O/c1-2-5-11-8-9-12-6-3-4-7-13(12)14(11)10-15/h2-10H,1H3. The van der Waals surface area contributed by atoms with Gasteiger partial charge in [0.1, 0.15) is 0 Å². The van der Waals surface area contributed by atoms with Gasteiger partial charge in [0.2, 0.25) is 0 Å². The number of hydrogen-bond acceptors (Lipinski definition) is 1. The average Bonchev–Trinajstić information content (AvgIpc) is 2.29. The summed E-state index contributed by atoms with van der Waals surface area (Å²) in [5, 5.41) is 2.12. The normalized spacial score (nSPS) is 11.0. The van der Waals surface area contributed by atoms with Crippen LogP contribution in [0.15, 0.2) is 42.5 Å². The monoisotopic (exact) mass is 196 g/mol. The zero-order chi connectivity index (χ0) is 10.7. The quantitative estimate of drug-likeness (QED) is 0.669. The zero-order valence-electron chi connectivity index (χ0n) is 8.60. The van der Waals surface area contributed by atoms with Crippen molar-refractivity contribution in [3.05, 3.63) is 53.6 Å². The highest BCUT2D eigenvalue weighted by molar-refractivity contribution is 6.01. The van der Waals surface area contributed by atoms with E-state index in [0.29, 0.717) is 0 Å². The minimum atomic E-state index is 0.770. The summed E-state index contributed by atoms with van der Waals surface area (Å²) in [6, 6.07) is 11.9. The topological polar surface area (TPSA) is 17.1 Å².